The summed E-state index contributed by atoms with van der Waals surface area (Å²) in [6.45, 7) is 2.57. The lowest BCUT2D eigenvalue weighted by atomic mass is 9.49. The number of nitrogens with two attached hydrogens (primary N) is 1. The molecule has 1 amide bonds. The molecule has 4 fully saturated rings. The van der Waals surface area contributed by atoms with Gasteiger partial charge >= 0.3 is 0 Å². The molecule has 4 heteroatoms. The van der Waals surface area contributed by atoms with E-state index in [1.54, 1.807) is 0 Å². The normalized spacial score (nSPS) is 41.0. The summed E-state index contributed by atoms with van der Waals surface area (Å²) in [6.07, 6.45) is 7.46. The van der Waals surface area contributed by atoms with Gasteiger partial charge in [0.15, 0.2) is 0 Å². The molecule has 0 aromatic heterocycles. The monoisotopic (exact) mass is 280 g/mol. The lowest BCUT2D eigenvalue weighted by Crippen LogP contribution is -2.54. The maximum Gasteiger partial charge on any atom is 0.226 e. The molecular weight excluding hydrogens is 256 g/mol. The summed E-state index contributed by atoms with van der Waals surface area (Å²) in [5.41, 5.74) is 5.56. The first-order valence-electron chi connectivity index (χ1n) is 7.56. The molecule has 1 atom stereocenters. The van der Waals surface area contributed by atoms with Gasteiger partial charge in [0.25, 0.3) is 0 Å². The molecule has 106 valence electrons. The Balaban J connectivity index is 1.65. The van der Waals surface area contributed by atoms with Gasteiger partial charge in [-0.25, -0.2) is 0 Å². The minimum Gasteiger partial charge on any atom is -0.393 e. The van der Waals surface area contributed by atoms with Gasteiger partial charge < -0.3 is 11.1 Å². The quantitative estimate of drug-likeness (QED) is 0.777. The Bertz CT molecular complexity index is 372. The number of carbonyl (C=O) groups excluding carboxylic acids is 1. The van der Waals surface area contributed by atoms with Crippen molar-refractivity contribution in [3.8, 4) is 0 Å². The molecular formula is C15H24N2OS. The van der Waals surface area contributed by atoms with Crippen LogP contribution in [0, 0.1) is 29.1 Å². The van der Waals surface area contributed by atoms with Crippen molar-refractivity contribution in [1.29, 1.82) is 0 Å². The average molecular weight is 280 g/mol. The minimum atomic E-state index is -0.0509. The molecule has 0 heterocycles. The van der Waals surface area contributed by atoms with Crippen molar-refractivity contribution < 1.29 is 4.79 Å². The summed E-state index contributed by atoms with van der Waals surface area (Å²) < 4.78 is 0. The van der Waals surface area contributed by atoms with Crippen LogP contribution in [0.5, 0.6) is 0 Å². The van der Waals surface area contributed by atoms with Crippen molar-refractivity contribution in [2.45, 2.75) is 45.4 Å². The highest BCUT2D eigenvalue weighted by atomic mass is 32.1. The van der Waals surface area contributed by atoms with Gasteiger partial charge in [0.2, 0.25) is 5.91 Å². The summed E-state index contributed by atoms with van der Waals surface area (Å²) in [5.74, 6) is 2.79. The first-order chi connectivity index (χ1) is 8.98. The van der Waals surface area contributed by atoms with E-state index >= 15 is 0 Å². The molecule has 4 rings (SSSR count). The highest BCUT2D eigenvalue weighted by Gasteiger charge is 2.54. The molecule has 3 N–H and O–H groups in total. The number of amides is 1. The van der Waals surface area contributed by atoms with Gasteiger partial charge in [-0.05, 0) is 56.3 Å². The Morgan fingerprint density at radius 3 is 2.16 bits per heavy atom. The van der Waals surface area contributed by atoms with Crippen molar-refractivity contribution in [3.05, 3.63) is 0 Å². The summed E-state index contributed by atoms with van der Waals surface area (Å²) in [5, 5.41) is 3.11. The fraction of sp³-hybridized carbons (Fsp3) is 0.867. The smallest absolute Gasteiger partial charge is 0.226 e. The van der Waals surface area contributed by atoms with Crippen LogP contribution in [0.1, 0.15) is 45.4 Å². The lowest BCUT2D eigenvalue weighted by Gasteiger charge is -2.55. The van der Waals surface area contributed by atoms with Crippen molar-refractivity contribution in [2.75, 3.05) is 6.54 Å². The zero-order chi connectivity index (χ0) is 13.6. The third-order valence-corrected chi connectivity index (χ3v) is 5.98. The van der Waals surface area contributed by atoms with Gasteiger partial charge in [-0.3, -0.25) is 4.79 Å². The van der Waals surface area contributed by atoms with Crippen LogP contribution in [0.15, 0.2) is 0 Å². The maximum atomic E-state index is 12.6. The average Bonchev–Trinajstić information content (AvgIpc) is 2.33. The molecule has 0 saturated heterocycles. The molecule has 1 unspecified atom stereocenters. The zero-order valence-corrected chi connectivity index (χ0v) is 12.5. The number of thiocarbonyl (C=S) groups is 1. The van der Waals surface area contributed by atoms with Crippen molar-refractivity contribution in [1.82, 2.24) is 5.32 Å². The Morgan fingerprint density at radius 2 is 1.74 bits per heavy atom. The van der Waals surface area contributed by atoms with Crippen LogP contribution < -0.4 is 11.1 Å². The summed E-state index contributed by atoms with van der Waals surface area (Å²) >= 11 is 4.96. The van der Waals surface area contributed by atoms with E-state index in [0.717, 1.165) is 37.0 Å². The molecule has 3 nitrogen and oxygen atoms in total. The van der Waals surface area contributed by atoms with Crippen molar-refractivity contribution >= 4 is 23.1 Å². The Labute approximate surface area is 120 Å². The number of hydrogen-bond donors (Lipinski definition) is 2. The van der Waals surface area contributed by atoms with Gasteiger partial charge in [0, 0.05) is 17.9 Å². The van der Waals surface area contributed by atoms with Gasteiger partial charge in [0.1, 0.15) is 0 Å². The fourth-order valence-corrected chi connectivity index (χ4v) is 5.01. The Hall–Kier alpha value is -0.640. The molecule has 4 bridgehead atoms. The predicted molar refractivity (Wildman–Crippen MR) is 79.6 cm³/mol. The molecule has 0 radical (unpaired) electrons. The predicted octanol–water partition coefficient (Wildman–Crippen LogP) is 2.24. The second-order valence-electron chi connectivity index (χ2n) is 7.21. The van der Waals surface area contributed by atoms with Gasteiger partial charge in [0.05, 0.1) is 4.99 Å². The third-order valence-electron chi connectivity index (χ3n) is 5.57. The lowest BCUT2D eigenvalue weighted by molar-refractivity contribution is -0.146. The molecule has 4 aliphatic rings. The van der Waals surface area contributed by atoms with Crippen LogP contribution in [0.25, 0.3) is 0 Å². The Morgan fingerprint density at radius 1 is 1.26 bits per heavy atom. The molecule has 0 aromatic rings. The van der Waals surface area contributed by atoms with E-state index in [1.165, 1.54) is 19.3 Å². The molecule has 19 heavy (non-hydrogen) atoms. The van der Waals surface area contributed by atoms with Gasteiger partial charge in [-0.15, -0.1) is 0 Å². The SMILES string of the molecule is CC(CNC(=O)C12CC3CC(CC(C3)C1)C2)C(N)=S. The van der Waals surface area contributed by atoms with E-state index in [4.69, 9.17) is 18.0 Å². The standard InChI is InChI=1S/C15H24N2OS/c1-9(13(16)19)8-17-14(18)15-5-10-2-11(6-15)4-12(3-10)7-15/h9-12H,2-8H2,1H3,(H2,16,19)(H,17,18). The van der Waals surface area contributed by atoms with E-state index in [-0.39, 0.29) is 17.2 Å². The molecule has 0 spiro atoms. The van der Waals surface area contributed by atoms with Crippen LogP contribution in [0.2, 0.25) is 0 Å². The van der Waals surface area contributed by atoms with E-state index in [2.05, 4.69) is 5.32 Å². The number of carbonyl (C=O) groups is 1. The second-order valence-corrected chi connectivity index (χ2v) is 7.68. The van der Waals surface area contributed by atoms with Crippen LogP contribution in [0.3, 0.4) is 0 Å². The number of hydrogen-bond acceptors (Lipinski definition) is 2. The summed E-state index contributed by atoms with van der Waals surface area (Å²) in [6, 6.07) is 0. The van der Waals surface area contributed by atoms with Crippen molar-refractivity contribution in [3.63, 3.8) is 0 Å². The second kappa shape index (κ2) is 4.72. The molecule has 4 saturated carbocycles. The van der Waals surface area contributed by atoms with E-state index in [0.29, 0.717) is 11.5 Å². The first kappa shape index (κ1) is 13.3. The minimum absolute atomic E-state index is 0.0509. The van der Waals surface area contributed by atoms with E-state index < -0.39 is 0 Å². The Kier molecular flexibility index (Phi) is 3.32. The van der Waals surface area contributed by atoms with Gasteiger partial charge in [-0.1, -0.05) is 19.1 Å². The number of nitrogens with one attached hydrogen (secondary N) is 1. The van der Waals surface area contributed by atoms with Gasteiger partial charge in [-0.2, -0.15) is 0 Å². The maximum absolute atomic E-state index is 12.6. The highest BCUT2D eigenvalue weighted by Crippen LogP contribution is 2.60. The summed E-state index contributed by atoms with van der Waals surface area (Å²) in [4.78, 5) is 13.1. The topological polar surface area (TPSA) is 55.1 Å². The van der Waals surface area contributed by atoms with E-state index in [1.807, 2.05) is 6.92 Å². The number of rotatable bonds is 4. The van der Waals surface area contributed by atoms with Crippen LogP contribution in [-0.4, -0.2) is 17.4 Å². The van der Waals surface area contributed by atoms with Crippen LogP contribution >= 0.6 is 12.2 Å². The largest absolute Gasteiger partial charge is 0.393 e. The fourth-order valence-electron chi connectivity index (χ4n) is 4.92. The van der Waals surface area contributed by atoms with Crippen molar-refractivity contribution in [2.24, 2.45) is 34.8 Å². The van der Waals surface area contributed by atoms with Crippen LogP contribution in [0.4, 0.5) is 0 Å². The molecule has 0 aliphatic heterocycles. The zero-order valence-electron chi connectivity index (χ0n) is 11.7. The van der Waals surface area contributed by atoms with E-state index in [9.17, 15) is 4.79 Å². The third kappa shape index (κ3) is 2.39. The summed E-state index contributed by atoms with van der Waals surface area (Å²) in [7, 11) is 0. The molecule has 0 aromatic carbocycles. The first-order valence-corrected chi connectivity index (χ1v) is 7.97. The van der Waals surface area contributed by atoms with Crippen LogP contribution in [-0.2, 0) is 4.79 Å². The molecule has 4 aliphatic carbocycles. The highest BCUT2D eigenvalue weighted by molar-refractivity contribution is 7.80.